The van der Waals surface area contributed by atoms with E-state index in [1.165, 1.54) is 10.3 Å². The van der Waals surface area contributed by atoms with Crippen LogP contribution >= 0.6 is 11.3 Å². The molecule has 0 spiro atoms. The molecule has 2 heterocycles. The predicted molar refractivity (Wildman–Crippen MR) is 129 cm³/mol. The van der Waals surface area contributed by atoms with Crippen LogP contribution in [0.1, 0.15) is 43.4 Å². The summed E-state index contributed by atoms with van der Waals surface area (Å²) in [5.41, 5.74) is 4.68. The lowest BCUT2D eigenvalue weighted by molar-refractivity contribution is -0.133. The highest BCUT2D eigenvalue weighted by Gasteiger charge is 2.24. The van der Waals surface area contributed by atoms with Crippen molar-refractivity contribution in [2.24, 2.45) is 0 Å². The van der Waals surface area contributed by atoms with Crippen LogP contribution in [-0.4, -0.2) is 48.6 Å². The third-order valence-electron chi connectivity index (χ3n) is 5.89. The van der Waals surface area contributed by atoms with E-state index >= 15 is 0 Å². The Bertz CT molecular complexity index is 1070. The van der Waals surface area contributed by atoms with E-state index in [-0.39, 0.29) is 12.5 Å². The molecule has 2 aromatic carbocycles. The molecule has 3 aromatic rings. The number of hydrogen-bond donors (Lipinski definition) is 0. The fourth-order valence-corrected chi connectivity index (χ4v) is 5.01. The first-order chi connectivity index (χ1) is 14.9. The van der Waals surface area contributed by atoms with Crippen LogP contribution in [0.2, 0.25) is 0 Å². The Morgan fingerprint density at radius 3 is 2.61 bits per heavy atom. The molecule has 6 heteroatoms. The zero-order valence-corrected chi connectivity index (χ0v) is 19.7. The lowest BCUT2D eigenvalue weighted by Crippen LogP contribution is -2.50. The highest BCUT2D eigenvalue weighted by atomic mass is 32.1. The lowest BCUT2D eigenvalue weighted by Gasteiger charge is -2.34. The molecule has 0 atom stereocenters. The van der Waals surface area contributed by atoms with Crippen molar-refractivity contribution in [1.82, 2.24) is 9.88 Å². The SMILES string of the molecule is CCc1ccc2nc(N3CCN(C(=O)COc4cc(C)ccc4C(C)C)CC3)sc2c1. The quantitative estimate of drug-likeness (QED) is 0.543. The molecular formula is C25H31N3O2S. The molecule has 0 N–H and O–H groups in total. The summed E-state index contributed by atoms with van der Waals surface area (Å²) in [5, 5.41) is 1.05. The van der Waals surface area contributed by atoms with E-state index in [1.807, 2.05) is 17.9 Å². The zero-order chi connectivity index (χ0) is 22.0. The summed E-state index contributed by atoms with van der Waals surface area (Å²) in [6.07, 6.45) is 1.03. The number of aromatic nitrogens is 1. The fraction of sp³-hybridized carbons (Fsp3) is 0.440. The number of fused-ring (bicyclic) bond motifs is 1. The summed E-state index contributed by atoms with van der Waals surface area (Å²) < 4.78 is 7.19. The van der Waals surface area contributed by atoms with E-state index in [1.54, 1.807) is 11.3 Å². The predicted octanol–water partition coefficient (Wildman–Crippen LogP) is 5.02. The topological polar surface area (TPSA) is 45.7 Å². The maximum atomic E-state index is 12.8. The van der Waals surface area contributed by atoms with Crippen molar-refractivity contribution < 1.29 is 9.53 Å². The summed E-state index contributed by atoms with van der Waals surface area (Å²) in [5.74, 6) is 1.23. The third kappa shape index (κ3) is 4.85. The van der Waals surface area contributed by atoms with Gasteiger partial charge in [-0.2, -0.15) is 0 Å². The van der Waals surface area contributed by atoms with E-state index in [2.05, 4.69) is 56.0 Å². The molecule has 1 aromatic heterocycles. The van der Waals surface area contributed by atoms with Gasteiger partial charge in [-0.1, -0.05) is 50.3 Å². The van der Waals surface area contributed by atoms with Crippen LogP contribution in [0, 0.1) is 6.92 Å². The van der Waals surface area contributed by atoms with Gasteiger partial charge in [0.2, 0.25) is 0 Å². The maximum Gasteiger partial charge on any atom is 0.260 e. The molecule has 1 aliphatic heterocycles. The Hall–Kier alpha value is -2.60. The molecule has 1 fully saturated rings. The largest absolute Gasteiger partial charge is 0.483 e. The maximum absolute atomic E-state index is 12.8. The first-order valence-corrected chi connectivity index (χ1v) is 11.9. The first-order valence-electron chi connectivity index (χ1n) is 11.1. The van der Waals surface area contributed by atoms with Gasteiger partial charge in [0.15, 0.2) is 11.7 Å². The Morgan fingerprint density at radius 2 is 1.90 bits per heavy atom. The van der Waals surface area contributed by atoms with Crippen LogP contribution in [-0.2, 0) is 11.2 Å². The number of anilines is 1. The first kappa shape index (κ1) is 21.6. The van der Waals surface area contributed by atoms with Crippen molar-refractivity contribution in [2.75, 3.05) is 37.7 Å². The number of carbonyl (C=O) groups excluding carboxylic acids is 1. The molecule has 0 aliphatic carbocycles. The average molecular weight is 438 g/mol. The number of ether oxygens (including phenoxy) is 1. The van der Waals surface area contributed by atoms with Crippen LogP contribution in [0.15, 0.2) is 36.4 Å². The van der Waals surface area contributed by atoms with Crippen LogP contribution in [0.25, 0.3) is 10.2 Å². The van der Waals surface area contributed by atoms with Gasteiger partial charge in [-0.05, 0) is 54.2 Å². The second kappa shape index (κ2) is 9.27. The van der Waals surface area contributed by atoms with E-state index in [0.29, 0.717) is 19.0 Å². The normalized spacial score (nSPS) is 14.5. The summed E-state index contributed by atoms with van der Waals surface area (Å²) in [4.78, 5) is 21.8. The summed E-state index contributed by atoms with van der Waals surface area (Å²) >= 11 is 1.74. The van der Waals surface area contributed by atoms with Gasteiger partial charge < -0.3 is 14.5 Å². The zero-order valence-electron chi connectivity index (χ0n) is 18.9. The minimum absolute atomic E-state index is 0.0488. The number of hydrogen-bond acceptors (Lipinski definition) is 5. The Morgan fingerprint density at radius 1 is 1.13 bits per heavy atom. The molecule has 164 valence electrons. The summed E-state index contributed by atoms with van der Waals surface area (Å²) in [6.45, 7) is 11.6. The molecule has 4 rings (SSSR count). The summed E-state index contributed by atoms with van der Waals surface area (Å²) in [6, 6.07) is 12.7. The average Bonchev–Trinajstić information content (AvgIpc) is 3.20. The number of nitrogens with zero attached hydrogens (tertiary/aromatic N) is 3. The number of benzene rings is 2. The smallest absolute Gasteiger partial charge is 0.260 e. The second-order valence-electron chi connectivity index (χ2n) is 8.50. The van der Waals surface area contributed by atoms with Crippen molar-refractivity contribution >= 4 is 32.6 Å². The number of piperazine rings is 1. The van der Waals surface area contributed by atoms with E-state index in [9.17, 15) is 4.79 Å². The molecule has 5 nitrogen and oxygen atoms in total. The van der Waals surface area contributed by atoms with Gasteiger partial charge in [0.05, 0.1) is 10.2 Å². The number of aryl methyl sites for hydroxylation is 2. The second-order valence-corrected chi connectivity index (χ2v) is 9.51. The highest BCUT2D eigenvalue weighted by molar-refractivity contribution is 7.22. The summed E-state index contributed by atoms with van der Waals surface area (Å²) in [7, 11) is 0. The molecule has 0 unspecified atom stereocenters. The lowest BCUT2D eigenvalue weighted by atomic mass is 10.0. The van der Waals surface area contributed by atoms with Crippen LogP contribution < -0.4 is 9.64 Å². The Labute approximate surface area is 188 Å². The molecular weight excluding hydrogens is 406 g/mol. The minimum atomic E-state index is 0.0488. The van der Waals surface area contributed by atoms with Gasteiger partial charge in [0, 0.05) is 26.2 Å². The van der Waals surface area contributed by atoms with Gasteiger partial charge in [-0.3, -0.25) is 4.79 Å². The minimum Gasteiger partial charge on any atom is -0.483 e. The highest BCUT2D eigenvalue weighted by Crippen LogP contribution is 2.30. The van der Waals surface area contributed by atoms with E-state index in [0.717, 1.165) is 47.0 Å². The molecule has 1 amide bonds. The van der Waals surface area contributed by atoms with E-state index < -0.39 is 0 Å². The molecule has 1 aliphatic rings. The van der Waals surface area contributed by atoms with Gasteiger partial charge in [0.1, 0.15) is 5.75 Å². The van der Waals surface area contributed by atoms with Crippen molar-refractivity contribution in [1.29, 1.82) is 0 Å². The van der Waals surface area contributed by atoms with Gasteiger partial charge in [0.25, 0.3) is 5.91 Å². The monoisotopic (exact) mass is 437 g/mol. The van der Waals surface area contributed by atoms with E-state index in [4.69, 9.17) is 9.72 Å². The Balaban J connectivity index is 1.35. The van der Waals surface area contributed by atoms with Crippen LogP contribution in [0.3, 0.4) is 0 Å². The van der Waals surface area contributed by atoms with Crippen LogP contribution in [0.5, 0.6) is 5.75 Å². The number of carbonyl (C=O) groups is 1. The number of rotatable bonds is 6. The Kier molecular flexibility index (Phi) is 6.46. The van der Waals surface area contributed by atoms with Crippen molar-refractivity contribution in [3.05, 3.63) is 53.1 Å². The van der Waals surface area contributed by atoms with Gasteiger partial charge in [-0.15, -0.1) is 0 Å². The van der Waals surface area contributed by atoms with Gasteiger partial charge in [-0.25, -0.2) is 4.98 Å². The van der Waals surface area contributed by atoms with Crippen LogP contribution in [0.4, 0.5) is 5.13 Å². The molecule has 31 heavy (non-hydrogen) atoms. The molecule has 0 bridgehead atoms. The molecule has 1 saturated heterocycles. The van der Waals surface area contributed by atoms with Crippen molar-refractivity contribution in [3.63, 3.8) is 0 Å². The third-order valence-corrected chi connectivity index (χ3v) is 6.97. The van der Waals surface area contributed by atoms with Crippen molar-refractivity contribution in [3.8, 4) is 5.75 Å². The molecule has 0 saturated carbocycles. The number of amides is 1. The standard InChI is InChI=1S/C25H31N3O2S/c1-5-19-7-9-21-23(15-19)31-25(26-21)28-12-10-27(11-13-28)24(29)16-30-22-14-18(4)6-8-20(22)17(2)3/h6-9,14-15,17H,5,10-13,16H2,1-4H3. The molecule has 0 radical (unpaired) electrons. The number of thiazole rings is 1. The fourth-order valence-electron chi connectivity index (χ4n) is 3.93. The van der Waals surface area contributed by atoms with Crippen molar-refractivity contribution in [2.45, 2.75) is 40.0 Å². The van der Waals surface area contributed by atoms with Gasteiger partial charge >= 0.3 is 0 Å².